The van der Waals surface area contributed by atoms with E-state index in [1.165, 1.54) is 6.08 Å². The molecule has 5 aliphatic carbocycles. The Morgan fingerprint density at radius 2 is 1.13 bits per heavy atom. The van der Waals surface area contributed by atoms with Crippen LogP contribution in [0.4, 0.5) is 35.1 Å². The van der Waals surface area contributed by atoms with Crippen LogP contribution >= 0.6 is 0 Å². The van der Waals surface area contributed by atoms with Crippen molar-refractivity contribution in [2.24, 2.45) is 41.4 Å². The Hall–Kier alpha value is -2.67. The van der Waals surface area contributed by atoms with Gasteiger partial charge in [-0.15, -0.1) is 12.0 Å². The van der Waals surface area contributed by atoms with E-state index in [-0.39, 0.29) is 64.7 Å². The van der Waals surface area contributed by atoms with Gasteiger partial charge in [0.05, 0.1) is 0 Å². The van der Waals surface area contributed by atoms with Gasteiger partial charge in [0.1, 0.15) is 0 Å². The summed E-state index contributed by atoms with van der Waals surface area (Å²) in [6, 6.07) is 0. The Bertz CT molecular complexity index is 1530. The van der Waals surface area contributed by atoms with Crippen molar-refractivity contribution in [2.45, 2.75) is 31.6 Å². The Labute approximate surface area is 291 Å². The Balaban J connectivity index is 0.000000965. The van der Waals surface area contributed by atoms with Crippen LogP contribution in [0.2, 0.25) is 0 Å². The molecule has 7 unspecified atom stereocenters. The number of halogens is 8. The fraction of sp³-hybridized carbons (Fsp3) is 0.316. The van der Waals surface area contributed by atoms with Gasteiger partial charge in [-0.25, -0.2) is 54.7 Å². The van der Waals surface area contributed by atoms with Gasteiger partial charge >= 0.3 is 26.2 Å². The molecule has 2 aromatic carbocycles. The monoisotopic (exact) mass is 734 g/mol. The first-order valence-corrected chi connectivity index (χ1v) is 14.8. The summed E-state index contributed by atoms with van der Waals surface area (Å²) in [5.74, 6) is -18.2. The minimum atomic E-state index is -2.22. The quantitative estimate of drug-likeness (QED) is 0.127. The molecule has 2 saturated carbocycles. The van der Waals surface area contributed by atoms with E-state index in [9.17, 15) is 17.6 Å². The first-order chi connectivity index (χ1) is 21.1. The van der Waals surface area contributed by atoms with Crippen LogP contribution in [0.15, 0.2) is 61.3 Å². The molecule has 9 heteroatoms. The minimum Gasteiger partial charge on any atom is -0.358 e. The molecule has 0 nitrogen and oxygen atoms in total. The Kier molecular flexibility index (Phi) is 12.6. The number of allylic oxidation sites excluding steroid dienone is 9. The standard InChI is InChI=1S/C33H25F8.C3H5.2CH3.Zr/c34-26-22-21(23-25(24(22)28(36)32(40)30(26)38)29(37)33(41)31(39)27(23)35)20-18(13-17-7-3-4-8-19(17)20)10-9-14-11-15-5-1-2-6-16(15)12-14;1-3-2;;;/h1-8,11,14-21H,9-10,12-13H2;3H,1-2H2;2*1H3;/q4*-1;+4. The van der Waals surface area contributed by atoms with Crippen molar-refractivity contribution in [3.8, 4) is 11.1 Å². The van der Waals surface area contributed by atoms with E-state index < -0.39 is 80.6 Å². The maximum absolute atomic E-state index is 15.6. The average Bonchev–Trinajstić information content (AvgIpc) is 3.71. The minimum absolute atomic E-state index is 0. The molecule has 0 aliphatic heterocycles. The number of rotatable bonds is 4. The fourth-order valence-electron chi connectivity index (χ4n) is 8.34. The van der Waals surface area contributed by atoms with E-state index in [0.717, 1.165) is 12.8 Å². The van der Waals surface area contributed by atoms with E-state index in [1.807, 2.05) is 30.4 Å². The molecule has 0 aromatic heterocycles. The third-order valence-electron chi connectivity index (χ3n) is 10.00. The molecule has 47 heavy (non-hydrogen) atoms. The second-order valence-electron chi connectivity index (χ2n) is 12.2. The Morgan fingerprint density at radius 1 is 0.660 bits per heavy atom. The summed E-state index contributed by atoms with van der Waals surface area (Å²) in [6.45, 7) is 6.50. The second kappa shape index (κ2) is 15.3. The van der Waals surface area contributed by atoms with Crippen LogP contribution in [0.1, 0.15) is 42.7 Å². The molecule has 2 fully saturated rings. The second-order valence-corrected chi connectivity index (χ2v) is 12.2. The fourth-order valence-corrected chi connectivity index (χ4v) is 8.34. The molecule has 0 N–H and O–H groups in total. The zero-order valence-electron chi connectivity index (χ0n) is 26.2. The van der Waals surface area contributed by atoms with E-state index >= 15 is 17.6 Å². The molecule has 0 bridgehead atoms. The molecule has 248 valence electrons. The normalized spacial score (nSPS) is 27.4. The molecule has 0 saturated heterocycles. The number of hydrogen-bond donors (Lipinski definition) is 0. The van der Waals surface area contributed by atoms with Crippen molar-refractivity contribution in [3.05, 3.63) is 147 Å². The summed E-state index contributed by atoms with van der Waals surface area (Å²) in [7, 11) is 0. The predicted molar refractivity (Wildman–Crippen MR) is 166 cm³/mol. The van der Waals surface area contributed by atoms with Crippen LogP contribution in [0, 0.1) is 116 Å². The van der Waals surface area contributed by atoms with E-state index in [2.05, 4.69) is 32.1 Å². The van der Waals surface area contributed by atoms with Gasteiger partial charge in [-0.3, -0.25) is 0 Å². The topological polar surface area (TPSA) is 0 Å². The van der Waals surface area contributed by atoms with Gasteiger partial charge in [-0.2, -0.15) is 5.92 Å². The first kappa shape index (κ1) is 38.8. The Morgan fingerprint density at radius 3 is 1.66 bits per heavy atom. The van der Waals surface area contributed by atoms with Crippen molar-refractivity contribution in [2.75, 3.05) is 0 Å². The third-order valence-corrected chi connectivity index (χ3v) is 10.00. The van der Waals surface area contributed by atoms with Crippen LogP contribution in [0.25, 0.3) is 11.1 Å². The summed E-state index contributed by atoms with van der Waals surface area (Å²) >= 11 is 0. The molecule has 5 aliphatic rings. The molecule has 7 rings (SSSR count). The van der Waals surface area contributed by atoms with E-state index in [0.29, 0.717) is 24.7 Å². The molecule has 0 heterocycles. The molecule has 0 radical (unpaired) electrons. The smallest absolute Gasteiger partial charge is 0.358 e. The zero-order chi connectivity index (χ0) is 31.4. The average molecular weight is 736 g/mol. The van der Waals surface area contributed by atoms with Crippen molar-refractivity contribution >= 4 is 0 Å². The van der Waals surface area contributed by atoms with Crippen molar-refractivity contribution in [1.29, 1.82) is 0 Å². The van der Waals surface area contributed by atoms with Gasteiger partial charge in [0.2, 0.25) is 0 Å². The van der Waals surface area contributed by atoms with Crippen molar-refractivity contribution in [3.63, 3.8) is 0 Å². The summed E-state index contributed by atoms with van der Waals surface area (Å²) in [4.78, 5) is 0. The third kappa shape index (κ3) is 6.31. The summed E-state index contributed by atoms with van der Waals surface area (Å²) in [5, 5.41) is 0. The van der Waals surface area contributed by atoms with Crippen LogP contribution < -0.4 is 0 Å². The summed E-state index contributed by atoms with van der Waals surface area (Å²) < 4.78 is 120. The van der Waals surface area contributed by atoms with Gasteiger partial charge in [-0.1, -0.05) is 61.8 Å². The maximum atomic E-state index is 15.6. The predicted octanol–water partition coefficient (Wildman–Crippen LogP) is 11.2. The largest absolute Gasteiger partial charge is 4.00 e. The molecule has 7 atom stereocenters. The van der Waals surface area contributed by atoms with Crippen molar-refractivity contribution < 1.29 is 61.3 Å². The zero-order valence-corrected chi connectivity index (χ0v) is 28.6. The first-order valence-electron chi connectivity index (χ1n) is 14.8. The summed E-state index contributed by atoms with van der Waals surface area (Å²) in [6.07, 6.45) is 22.4. The SMILES string of the molecule is C=C[CH2-].Fc1c(F)c(F)c2c(c1F)-c1c(F)c(F)c(F)c(F)c1C2C1C(CCC2[CH-]C3C=CC=CC3C2)CC2C=CC=CC21.[CH3-].[CH3-].[Zr+4]. The van der Waals surface area contributed by atoms with Crippen LogP contribution in [0.3, 0.4) is 0 Å². The molecule has 0 spiro atoms. The molecule has 0 amide bonds. The van der Waals surface area contributed by atoms with Crippen LogP contribution in [-0.4, -0.2) is 0 Å². The van der Waals surface area contributed by atoms with Gasteiger partial charge in [-0.05, 0) is 36.0 Å². The molecule has 2 aromatic rings. The van der Waals surface area contributed by atoms with Crippen LogP contribution in [0.5, 0.6) is 0 Å². The van der Waals surface area contributed by atoms with Gasteiger partial charge < -0.3 is 21.3 Å². The van der Waals surface area contributed by atoms with Crippen LogP contribution in [-0.2, 0) is 26.2 Å². The number of hydrogen-bond acceptors (Lipinski definition) is 0. The van der Waals surface area contributed by atoms with E-state index in [1.54, 1.807) is 6.08 Å². The van der Waals surface area contributed by atoms with E-state index in [4.69, 9.17) is 0 Å². The molecular formula is C38H36F8Zr. The summed E-state index contributed by atoms with van der Waals surface area (Å²) in [5.41, 5.74) is -3.74. The van der Waals surface area contributed by atoms with Gasteiger partial charge in [0.25, 0.3) is 0 Å². The molecular weight excluding hydrogens is 700 g/mol. The van der Waals surface area contributed by atoms with Gasteiger partial charge in [0, 0.05) is 28.2 Å². The number of benzene rings is 2. The van der Waals surface area contributed by atoms with Gasteiger partial charge in [0.15, 0.2) is 46.5 Å². The van der Waals surface area contributed by atoms with Crippen molar-refractivity contribution in [1.82, 2.24) is 0 Å². The maximum Gasteiger partial charge on any atom is 4.00 e. The number of fused-ring (bicyclic) bond motifs is 5.